The van der Waals surface area contributed by atoms with Crippen molar-refractivity contribution in [3.63, 3.8) is 0 Å². The second-order valence-corrected chi connectivity index (χ2v) is 8.00. The minimum absolute atomic E-state index is 0.0325. The van der Waals surface area contributed by atoms with Crippen LogP contribution in [0.15, 0.2) is 17.0 Å². The molecule has 0 amide bonds. The van der Waals surface area contributed by atoms with E-state index in [4.69, 9.17) is 5.73 Å². The molecule has 1 aromatic carbocycles. The quantitative estimate of drug-likeness (QED) is 0.861. The van der Waals surface area contributed by atoms with E-state index < -0.39 is 10.0 Å². The molecule has 1 aromatic rings. The van der Waals surface area contributed by atoms with E-state index in [9.17, 15) is 8.42 Å². The first-order valence-corrected chi connectivity index (χ1v) is 8.71. The number of piperidine rings is 1. The molecule has 1 heterocycles. The average molecular weight is 311 g/mol. The standard InChI is InChI=1S/C15H25N3O2S/c1-11-8-13(16)9-12(2)15(11)21(19,20)18(4)14-6-5-7-17(3)10-14/h8-9,14H,5-7,10,16H2,1-4H3. The van der Waals surface area contributed by atoms with Gasteiger partial charge in [0.15, 0.2) is 0 Å². The third-order valence-electron chi connectivity index (χ3n) is 4.23. The van der Waals surface area contributed by atoms with E-state index in [1.165, 1.54) is 4.31 Å². The van der Waals surface area contributed by atoms with Gasteiger partial charge in [-0.1, -0.05) is 0 Å². The number of rotatable bonds is 3. The number of nitrogen functional groups attached to an aromatic ring is 1. The molecule has 1 unspecified atom stereocenters. The Kier molecular flexibility index (Phi) is 4.60. The van der Waals surface area contributed by atoms with Gasteiger partial charge in [-0.3, -0.25) is 0 Å². The Labute approximate surface area is 127 Å². The Bertz CT molecular complexity index is 605. The fourth-order valence-corrected chi connectivity index (χ4v) is 4.95. The molecule has 2 N–H and O–H groups in total. The average Bonchev–Trinajstić information content (AvgIpc) is 2.36. The molecule has 6 heteroatoms. The smallest absolute Gasteiger partial charge is 0.243 e. The summed E-state index contributed by atoms with van der Waals surface area (Å²) >= 11 is 0. The van der Waals surface area contributed by atoms with Gasteiger partial charge >= 0.3 is 0 Å². The van der Waals surface area contributed by atoms with E-state index in [1.54, 1.807) is 33.0 Å². The van der Waals surface area contributed by atoms with Crippen molar-refractivity contribution >= 4 is 15.7 Å². The van der Waals surface area contributed by atoms with Crippen LogP contribution in [0, 0.1) is 13.8 Å². The summed E-state index contributed by atoms with van der Waals surface area (Å²) < 4.78 is 27.5. The zero-order chi connectivity index (χ0) is 15.8. The highest BCUT2D eigenvalue weighted by Gasteiger charge is 2.32. The normalized spacial score (nSPS) is 20.9. The highest BCUT2D eigenvalue weighted by Crippen LogP contribution is 2.28. The van der Waals surface area contributed by atoms with Gasteiger partial charge in [-0.25, -0.2) is 8.42 Å². The van der Waals surface area contributed by atoms with Gasteiger partial charge in [-0.2, -0.15) is 4.31 Å². The highest BCUT2D eigenvalue weighted by atomic mass is 32.2. The minimum atomic E-state index is -3.49. The van der Waals surface area contributed by atoms with Gasteiger partial charge in [0, 0.05) is 25.3 Å². The number of likely N-dealkylation sites (N-methyl/N-ethyl adjacent to an activating group) is 2. The topological polar surface area (TPSA) is 66.6 Å². The van der Waals surface area contributed by atoms with Crippen LogP contribution in [0.5, 0.6) is 0 Å². The molecule has 1 aliphatic heterocycles. The number of anilines is 1. The van der Waals surface area contributed by atoms with E-state index in [0.29, 0.717) is 21.7 Å². The monoisotopic (exact) mass is 311 g/mol. The van der Waals surface area contributed by atoms with E-state index in [0.717, 1.165) is 25.9 Å². The van der Waals surface area contributed by atoms with Crippen molar-refractivity contribution in [1.29, 1.82) is 0 Å². The van der Waals surface area contributed by atoms with Gasteiger partial charge in [0.1, 0.15) is 0 Å². The Morgan fingerprint density at radius 1 is 1.29 bits per heavy atom. The number of aryl methyl sites for hydroxylation is 2. The summed E-state index contributed by atoms with van der Waals surface area (Å²) in [6.07, 6.45) is 1.94. The summed E-state index contributed by atoms with van der Waals surface area (Å²) in [6.45, 7) is 5.42. The number of hydrogen-bond donors (Lipinski definition) is 1. The summed E-state index contributed by atoms with van der Waals surface area (Å²) in [5.74, 6) is 0. The van der Waals surface area contributed by atoms with E-state index in [2.05, 4.69) is 4.90 Å². The van der Waals surface area contributed by atoms with Crippen molar-refractivity contribution in [2.24, 2.45) is 0 Å². The molecule has 1 aliphatic rings. The molecular formula is C15H25N3O2S. The molecular weight excluding hydrogens is 286 g/mol. The zero-order valence-electron chi connectivity index (χ0n) is 13.3. The van der Waals surface area contributed by atoms with Crippen LogP contribution < -0.4 is 5.73 Å². The molecule has 0 saturated carbocycles. The lowest BCUT2D eigenvalue weighted by atomic mass is 10.1. The van der Waals surface area contributed by atoms with E-state index in [1.807, 2.05) is 7.05 Å². The molecule has 1 atom stereocenters. The van der Waals surface area contributed by atoms with Gasteiger partial charge in [-0.05, 0) is 63.5 Å². The molecule has 118 valence electrons. The van der Waals surface area contributed by atoms with Gasteiger partial charge in [0.25, 0.3) is 0 Å². The Hall–Kier alpha value is -1.11. The maximum atomic E-state index is 13.0. The number of likely N-dealkylation sites (tertiary alicyclic amines) is 1. The molecule has 0 bridgehead atoms. The van der Waals surface area contributed by atoms with Crippen LogP contribution in [-0.4, -0.2) is 50.8 Å². The first-order valence-electron chi connectivity index (χ1n) is 7.26. The SMILES string of the molecule is Cc1cc(N)cc(C)c1S(=O)(=O)N(C)C1CCCN(C)C1. The zero-order valence-corrected chi connectivity index (χ0v) is 14.1. The number of nitrogens with two attached hydrogens (primary N) is 1. The van der Waals surface area contributed by atoms with Crippen LogP contribution >= 0.6 is 0 Å². The van der Waals surface area contributed by atoms with Crippen molar-refractivity contribution in [2.45, 2.75) is 37.6 Å². The van der Waals surface area contributed by atoms with Crippen LogP contribution in [0.1, 0.15) is 24.0 Å². The largest absolute Gasteiger partial charge is 0.399 e. The van der Waals surface area contributed by atoms with Gasteiger partial charge in [0.05, 0.1) is 4.90 Å². The highest BCUT2D eigenvalue weighted by molar-refractivity contribution is 7.89. The Morgan fingerprint density at radius 3 is 2.38 bits per heavy atom. The van der Waals surface area contributed by atoms with E-state index >= 15 is 0 Å². The predicted octanol–water partition coefficient (Wildman–Crippen LogP) is 1.60. The number of sulfonamides is 1. The summed E-state index contributed by atoms with van der Waals surface area (Å²) in [5, 5.41) is 0. The number of benzene rings is 1. The van der Waals surface area contributed by atoms with Crippen LogP contribution in [0.4, 0.5) is 5.69 Å². The van der Waals surface area contributed by atoms with Gasteiger partial charge in [0.2, 0.25) is 10.0 Å². The second kappa shape index (κ2) is 5.94. The molecule has 1 saturated heterocycles. The summed E-state index contributed by atoms with van der Waals surface area (Å²) in [5.41, 5.74) is 7.82. The van der Waals surface area contributed by atoms with Crippen LogP contribution in [0.3, 0.4) is 0 Å². The van der Waals surface area contributed by atoms with E-state index in [-0.39, 0.29) is 6.04 Å². The van der Waals surface area contributed by atoms with Crippen molar-refractivity contribution in [3.05, 3.63) is 23.3 Å². The van der Waals surface area contributed by atoms with Crippen molar-refractivity contribution in [2.75, 3.05) is 32.9 Å². The molecule has 21 heavy (non-hydrogen) atoms. The lowest BCUT2D eigenvalue weighted by Gasteiger charge is -2.35. The van der Waals surface area contributed by atoms with Crippen LogP contribution in [0.2, 0.25) is 0 Å². The molecule has 1 fully saturated rings. The fraction of sp³-hybridized carbons (Fsp3) is 0.600. The van der Waals surface area contributed by atoms with Crippen LogP contribution in [-0.2, 0) is 10.0 Å². The first kappa shape index (κ1) is 16.3. The first-order chi connectivity index (χ1) is 9.73. The van der Waals surface area contributed by atoms with Gasteiger partial charge in [-0.15, -0.1) is 0 Å². The molecule has 2 rings (SSSR count). The maximum absolute atomic E-state index is 13.0. The Balaban J connectivity index is 2.38. The van der Waals surface area contributed by atoms with Crippen molar-refractivity contribution < 1.29 is 8.42 Å². The summed E-state index contributed by atoms with van der Waals surface area (Å²) in [6, 6.07) is 3.48. The minimum Gasteiger partial charge on any atom is -0.399 e. The molecule has 0 aromatic heterocycles. The van der Waals surface area contributed by atoms with Crippen molar-refractivity contribution in [1.82, 2.24) is 9.21 Å². The molecule has 0 spiro atoms. The Morgan fingerprint density at radius 2 is 1.86 bits per heavy atom. The lowest BCUT2D eigenvalue weighted by Crippen LogP contribution is -2.47. The second-order valence-electron chi connectivity index (χ2n) is 6.06. The van der Waals surface area contributed by atoms with Crippen molar-refractivity contribution in [3.8, 4) is 0 Å². The summed E-state index contributed by atoms with van der Waals surface area (Å²) in [4.78, 5) is 2.58. The maximum Gasteiger partial charge on any atom is 0.243 e. The third kappa shape index (κ3) is 3.22. The fourth-order valence-electron chi connectivity index (χ4n) is 3.17. The summed E-state index contributed by atoms with van der Waals surface area (Å²) in [7, 11) is 0.234. The lowest BCUT2D eigenvalue weighted by molar-refractivity contribution is 0.187. The molecule has 0 aliphatic carbocycles. The number of hydrogen-bond acceptors (Lipinski definition) is 4. The van der Waals surface area contributed by atoms with Crippen LogP contribution in [0.25, 0.3) is 0 Å². The molecule has 5 nitrogen and oxygen atoms in total. The molecule has 0 radical (unpaired) electrons. The predicted molar refractivity (Wildman–Crippen MR) is 85.8 cm³/mol. The third-order valence-corrected chi connectivity index (χ3v) is 6.45. The van der Waals surface area contributed by atoms with Gasteiger partial charge < -0.3 is 10.6 Å². The number of nitrogens with zero attached hydrogens (tertiary/aromatic N) is 2.